The van der Waals surface area contributed by atoms with Gasteiger partial charge in [-0.1, -0.05) is 6.07 Å². The Hall–Kier alpha value is -1.59. The molecule has 2 N–H and O–H groups in total. The summed E-state index contributed by atoms with van der Waals surface area (Å²) in [6, 6.07) is 14.1. The molecule has 0 spiro atoms. The zero-order chi connectivity index (χ0) is 14.2. The van der Waals surface area contributed by atoms with Crippen molar-refractivity contribution >= 4 is 34.8 Å². The van der Waals surface area contributed by atoms with Gasteiger partial charge in [-0.2, -0.15) is 0 Å². The number of nitrogens with one attached hydrogen (secondary N) is 2. The highest BCUT2D eigenvalue weighted by Gasteiger charge is 1.98. The summed E-state index contributed by atoms with van der Waals surface area (Å²) in [5.74, 6) is 0. The molecule has 2 rings (SSSR count). The van der Waals surface area contributed by atoms with Crippen LogP contribution in [0.25, 0.3) is 0 Å². The Bertz CT molecular complexity index is 541. The summed E-state index contributed by atoms with van der Waals surface area (Å²) in [6.45, 7) is 0.770. The molecule has 104 valence electrons. The molecule has 0 unspecified atom stereocenters. The molecule has 0 bridgehead atoms. The minimum Gasteiger partial charge on any atom is -0.362 e. The normalized spacial score (nSPS) is 10.1. The molecular weight excluding hydrogens is 286 g/mol. The monoisotopic (exact) mass is 303 g/mol. The van der Waals surface area contributed by atoms with Crippen LogP contribution in [0.1, 0.15) is 5.69 Å². The van der Waals surface area contributed by atoms with Gasteiger partial charge in [0.25, 0.3) is 0 Å². The first kappa shape index (κ1) is 14.8. The van der Waals surface area contributed by atoms with E-state index in [1.54, 1.807) is 18.0 Å². The van der Waals surface area contributed by atoms with Gasteiger partial charge in [0.2, 0.25) is 0 Å². The van der Waals surface area contributed by atoms with Crippen LogP contribution in [0.3, 0.4) is 0 Å². The van der Waals surface area contributed by atoms with Crippen LogP contribution in [0.15, 0.2) is 53.6 Å². The van der Waals surface area contributed by atoms with Gasteiger partial charge in [0.15, 0.2) is 5.11 Å². The summed E-state index contributed by atoms with van der Waals surface area (Å²) in [5, 5.41) is 6.99. The van der Waals surface area contributed by atoms with E-state index in [0.29, 0.717) is 5.11 Å². The molecule has 0 radical (unpaired) electrons. The molecule has 0 fully saturated rings. The second kappa shape index (κ2) is 7.87. The third-order valence-corrected chi connectivity index (χ3v) is 3.73. The predicted molar refractivity (Wildman–Crippen MR) is 90.4 cm³/mol. The summed E-state index contributed by atoms with van der Waals surface area (Å²) in [7, 11) is 0. The number of hydrogen-bond acceptors (Lipinski definition) is 3. The van der Waals surface area contributed by atoms with Crippen LogP contribution in [-0.2, 0) is 6.42 Å². The van der Waals surface area contributed by atoms with E-state index < -0.39 is 0 Å². The van der Waals surface area contributed by atoms with E-state index in [9.17, 15) is 0 Å². The number of hydrogen-bond donors (Lipinski definition) is 2. The quantitative estimate of drug-likeness (QED) is 0.654. The molecule has 20 heavy (non-hydrogen) atoms. The molecule has 3 nitrogen and oxygen atoms in total. The molecule has 0 aliphatic rings. The molecule has 0 aliphatic heterocycles. The van der Waals surface area contributed by atoms with Gasteiger partial charge in [0.05, 0.1) is 0 Å². The SMILES string of the molecule is CSc1ccc(NC(=S)NCCc2ccccn2)cc1. The zero-order valence-corrected chi connectivity index (χ0v) is 12.9. The third kappa shape index (κ3) is 4.83. The predicted octanol–water partition coefficient (Wildman–Crippen LogP) is 3.33. The number of aromatic nitrogens is 1. The van der Waals surface area contributed by atoms with Crippen LogP contribution in [0, 0.1) is 0 Å². The van der Waals surface area contributed by atoms with Crippen LogP contribution < -0.4 is 10.6 Å². The number of rotatable bonds is 5. The number of thioether (sulfide) groups is 1. The van der Waals surface area contributed by atoms with Gasteiger partial charge in [-0.05, 0) is 54.9 Å². The van der Waals surface area contributed by atoms with E-state index in [-0.39, 0.29) is 0 Å². The smallest absolute Gasteiger partial charge is 0.170 e. The van der Waals surface area contributed by atoms with E-state index in [1.807, 2.05) is 30.3 Å². The average molecular weight is 303 g/mol. The van der Waals surface area contributed by atoms with Gasteiger partial charge in [-0.3, -0.25) is 4.98 Å². The van der Waals surface area contributed by atoms with Crippen LogP contribution in [-0.4, -0.2) is 22.9 Å². The summed E-state index contributed by atoms with van der Waals surface area (Å²) in [6.07, 6.45) is 4.72. The molecule has 0 saturated carbocycles. The van der Waals surface area contributed by atoms with E-state index in [2.05, 4.69) is 34.0 Å². The van der Waals surface area contributed by atoms with E-state index >= 15 is 0 Å². The fourth-order valence-electron chi connectivity index (χ4n) is 1.70. The molecular formula is C15H17N3S2. The first-order chi connectivity index (χ1) is 9.78. The molecule has 0 atom stereocenters. The number of anilines is 1. The van der Waals surface area contributed by atoms with Crippen LogP contribution in [0.2, 0.25) is 0 Å². The third-order valence-electron chi connectivity index (χ3n) is 2.74. The van der Waals surface area contributed by atoms with Crippen molar-refractivity contribution in [2.75, 3.05) is 18.1 Å². The summed E-state index contributed by atoms with van der Waals surface area (Å²) >= 11 is 6.99. The topological polar surface area (TPSA) is 37.0 Å². The summed E-state index contributed by atoms with van der Waals surface area (Å²) in [5.41, 5.74) is 2.06. The van der Waals surface area contributed by atoms with Gasteiger partial charge < -0.3 is 10.6 Å². The van der Waals surface area contributed by atoms with Crippen molar-refractivity contribution in [3.63, 3.8) is 0 Å². The molecule has 0 aliphatic carbocycles. The van der Waals surface area contributed by atoms with E-state index in [1.165, 1.54) is 4.90 Å². The minimum atomic E-state index is 0.637. The lowest BCUT2D eigenvalue weighted by molar-refractivity contribution is 0.847. The molecule has 1 heterocycles. The Morgan fingerprint density at radius 2 is 2.00 bits per heavy atom. The van der Waals surface area contributed by atoms with Gasteiger partial charge in [-0.25, -0.2) is 0 Å². The second-order valence-electron chi connectivity index (χ2n) is 4.18. The average Bonchev–Trinajstić information content (AvgIpc) is 2.49. The maximum atomic E-state index is 5.26. The number of thiocarbonyl (C=S) groups is 1. The highest BCUT2D eigenvalue weighted by atomic mass is 32.2. The van der Waals surface area contributed by atoms with Gasteiger partial charge >= 0.3 is 0 Å². The lowest BCUT2D eigenvalue weighted by Crippen LogP contribution is -2.30. The Morgan fingerprint density at radius 1 is 1.20 bits per heavy atom. The molecule has 1 aromatic carbocycles. The Morgan fingerprint density at radius 3 is 2.65 bits per heavy atom. The van der Waals surface area contributed by atoms with Crippen LogP contribution >= 0.6 is 24.0 Å². The number of benzene rings is 1. The van der Waals surface area contributed by atoms with Crippen molar-refractivity contribution in [3.05, 3.63) is 54.4 Å². The summed E-state index contributed by atoms with van der Waals surface area (Å²) in [4.78, 5) is 5.51. The van der Waals surface area contributed by atoms with Crippen molar-refractivity contribution in [2.24, 2.45) is 0 Å². The van der Waals surface area contributed by atoms with Gasteiger partial charge in [0.1, 0.15) is 0 Å². The van der Waals surface area contributed by atoms with Gasteiger partial charge in [0, 0.05) is 35.4 Å². The maximum Gasteiger partial charge on any atom is 0.170 e. The molecule has 5 heteroatoms. The number of nitrogens with zero attached hydrogens (tertiary/aromatic N) is 1. The number of pyridine rings is 1. The largest absolute Gasteiger partial charge is 0.362 e. The van der Waals surface area contributed by atoms with Crippen molar-refractivity contribution < 1.29 is 0 Å². The Labute approximate surface area is 129 Å². The van der Waals surface area contributed by atoms with E-state index in [4.69, 9.17) is 12.2 Å². The highest BCUT2D eigenvalue weighted by Crippen LogP contribution is 2.17. The lowest BCUT2D eigenvalue weighted by atomic mass is 10.3. The lowest BCUT2D eigenvalue weighted by Gasteiger charge is -2.10. The van der Waals surface area contributed by atoms with E-state index in [0.717, 1.165) is 24.3 Å². The molecule has 0 amide bonds. The van der Waals surface area contributed by atoms with Crippen molar-refractivity contribution in [3.8, 4) is 0 Å². The molecule has 0 saturated heterocycles. The minimum absolute atomic E-state index is 0.637. The first-order valence-electron chi connectivity index (χ1n) is 6.37. The first-order valence-corrected chi connectivity index (χ1v) is 8.00. The van der Waals surface area contributed by atoms with Crippen LogP contribution in [0.4, 0.5) is 5.69 Å². The molecule has 1 aromatic heterocycles. The summed E-state index contributed by atoms with van der Waals surface area (Å²) < 4.78 is 0. The van der Waals surface area contributed by atoms with Crippen molar-refractivity contribution in [1.82, 2.24) is 10.3 Å². The maximum absolute atomic E-state index is 5.26. The standard InChI is InChI=1S/C15H17N3S2/c1-20-14-7-5-13(6-8-14)18-15(19)17-11-9-12-4-2-3-10-16-12/h2-8,10H,9,11H2,1H3,(H2,17,18,19). The fourth-order valence-corrected chi connectivity index (χ4v) is 2.33. The second-order valence-corrected chi connectivity index (χ2v) is 5.47. The molecule has 2 aromatic rings. The van der Waals surface area contributed by atoms with Crippen LogP contribution in [0.5, 0.6) is 0 Å². The van der Waals surface area contributed by atoms with Gasteiger partial charge in [-0.15, -0.1) is 11.8 Å². The zero-order valence-electron chi connectivity index (χ0n) is 11.3. The Balaban J connectivity index is 1.74. The van der Waals surface area contributed by atoms with Crippen molar-refractivity contribution in [2.45, 2.75) is 11.3 Å². The van der Waals surface area contributed by atoms with Crippen molar-refractivity contribution in [1.29, 1.82) is 0 Å². The Kier molecular flexibility index (Phi) is 5.83. The highest BCUT2D eigenvalue weighted by molar-refractivity contribution is 7.98. The fraction of sp³-hybridized carbons (Fsp3) is 0.200.